The van der Waals surface area contributed by atoms with Gasteiger partial charge in [-0.25, -0.2) is 18.2 Å². The van der Waals surface area contributed by atoms with Gasteiger partial charge in [0.15, 0.2) is 5.82 Å². The summed E-state index contributed by atoms with van der Waals surface area (Å²) in [5.74, 6) is 0.998. The SMILES string of the molecule is CC(C)(C)OC(=O)N(CCCS(C)(=O)=O)CC(Nc1ccccc1)c1nc(-c2ccncc2)n[nH]1. The highest BCUT2D eigenvalue weighted by atomic mass is 32.2. The second-order valence-corrected chi connectivity index (χ2v) is 11.5. The number of carbonyl (C=O) groups excluding carboxylic acids is 1. The topological polar surface area (TPSA) is 130 Å². The number of carbonyl (C=O) groups is 1. The Morgan fingerprint density at radius 1 is 1.14 bits per heavy atom. The molecule has 2 N–H and O–H groups in total. The van der Waals surface area contributed by atoms with Crippen LogP contribution >= 0.6 is 0 Å². The van der Waals surface area contributed by atoms with Gasteiger partial charge in [-0.3, -0.25) is 10.1 Å². The van der Waals surface area contributed by atoms with Crippen molar-refractivity contribution < 1.29 is 17.9 Å². The summed E-state index contributed by atoms with van der Waals surface area (Å²) in [6.45, 7) is 5.75. The van der Waals surface area contributed by atoms with Gasteiger partial charge in [0.05, 0.1) is 12.3 Å². The third-order valence-electron chi connectivity index (χ3n) is 4.88. The molecule has 1 unspecified atom stereocenters. The fraction of sp³-hybridized carbons (Fsp3) is 0.417. The Hall–Kier alpha value is -3.47. The summed E-state index contributed by atoms with van der Waals surface area (Å²) in [6, 6.07) is 12.7. The van der Waals surface area contributed by atoms with E-state index < -0.39 is 27.6 Å². The van der Waals surface area contributed by atoms with Crippen LogP contribution in [0.3, 0.4) is 0 Å². The van der Waals surface area contributed by atoms with Crippen molar-refractivity contribution in [1.82, 2.24) is 25.1 Å². The molecule has 2 aromatic heterocycles. The minimum atomic E-state index is -3.17. The second-order valence-electron chi connectivity index (χ2n) is 9.25. The van der Waals surface area contributed by atoms with Gasteiger partial charge < -0.3 is 15.0 Å². The largest absolute Gasteiger partial charge is 0.444 e. The fourth-order valence-corrected chi connectivity index (χ4v) is 3.97. The van der Waals surface area contributed by atoms with Crippen LogP contribution in [0.15, 0.2) is 54.9 Å². The maximum atomic E-state index is 13.0. The van der Waals surface area contributed by atoms with Crippen LogP contribution in [0, 0.1) is 0 Å². The van der Waals surface area contributed by atoms with E-state index in [1.54, 1.807) is 33.2 Å². The Labute approximate surface area is 206 Å². The zero-order valence-electron chi connectivity index (χ0n) is 20.4. The lowest BCUT2D eigenvalue weighted by molar-refractivity contribution is 0.0241. The van der Waals surface area contributed by atoms with Crippen molar-refractivity contribution in [2.45, 2.75) is 38.8 Å². The van der Waals surface area contributed by atoms with E-state index in [-0.39, 0.29) is 25.3 Å². The molecule has 188 valence electrons. The fourth-order valence-electron chi connectivity index (χ4n) is 3.32. The van der Waals surface area contributed by atoms with Crippen molar-refractivity contribution >= 4 is 21.6 Å². The van der Waals surface area contributed by atoms with E-state index in [2.05, 4.69) is 25.5 Å². The quantitative estimate of drug-likeness (QED) is 0.431. The van der Waals surface area contributed by atoms with Crippen molar-refractivity contribution in [3.05, 3.63) is 60.7 Å². The predicted octanol–water partition coefficient (Wildman–Crippen LogP) is 3.69. The monoisotopic (exact) mass is 500 g/mol. The lowest BCUT2D eigenvalue weighted by Gasteiger charge is -2.30. The Morgan fingerprint density at radius 2 is 1.83 bits per heavy atom. The summed E-state index contributed by atoms with van der Waals surface area (Å²) in [5.41, 5.74) is 0.938. The molecule has 11 heteroatoms. The maximum Gasteiger partial charge on any atom is 0.410 e. The number of benzene rings is 1. The summed E-state index contributed by atoms with van der Waals surface area (Å²) >= 11 is 0. The lowest BCUT2D eigenvalue weighted by Crippen LogP contribution is -2.41. The van der Waals surface area contributed by atoms with Crippen molar-refractivity contribution in [2.24, 2.45) is 0 Å². The number of ether oxygens (including phenoxy) is 1. The number of nitrogens with zero attached hydrogens (tertiary/aromatic N) is 4. The van der Waals surface area contributed by atoms with Gasteiger partial charge in [0, 0.05) is 36.4 Å². The summed E-state index contributed by atoms with van der Waals surface area (Å²) in [6.07, 6.45) is 4.27. The number of sulfone groups is 1. The molecular formula is C24H32N6O4S. The number of para-hydroxylation sites is 1. The van der Waals surface area contributed by atoms with E-state index in [4.69, 9.17) is 4.74 Å². The van der Waals surface area contributed by atoms with Gasteiger partial charge in [0.1, 0.15) is 27.3 Å². The molecule has 1 aromatic carbocycles. The number of amides is 1. The number of pyridine rings is 1. The van der Waals surface area contributed by atoms with Crippen LogP contribution in [-0.4, -0.2) is 70.3 Å². The Kier molecular flexibility index (Phi) is 8.44. The molecule has 0 fully saturated rings. The van der Waals surface area contributed by atoms with Gasteiger partial charge in [-0.2, -0.15) is 5.10 Å². The average Bonchev–Trinajstić information content (AvgIpc) is 3.27. The predicted molar refractivity (Wildman–Crippen MR) is 135 cm³/mol. The summed E-state index contributed by atoms with van der Waals surface area (Å²) in [5, 5.41) is 10.7. The molecule has 3 rings (SSSR count). The van der Waals surface area contributed by atoms with E-state index >= 15 is 0 Å². The van der Waals surface area contributed by atoms with E-state index in [9.17, 15) is 13.2 Å². The smallest absolute Gasteiger partial charge is 0.410 e. The highest BCUT2D eigenvalue weighted by molar-refractivity contribution is 7.90. The normalized spacial score (nSPS) is 12.7. The van der Waals surface area contributed by atoms with Crippen LogP contribution < -0.4 is 5.32 Å². The molecule has 1 amide bonds. The van der Waals surface area contributed by atoms with E-state index in [0.29, 0.717) is 11.6 Å². The number of hydrogen-bond acceptors (Lipinski definition) is 8. The van der Waals surface area contributed by atoms with Crippen molar-refractivity contribution in [1.29, 1.82) is 0 Å². The lowest BCUT2D eigenvalue weighted by atomic mass is 10.2. The van der Waals surface area contributed by atoms with Gasteiger partial charge in [-0.15, -0.1) is 0 Å². The zero-order valence-corrected chi connectivity index (χ0v) is 21.2. The first-order valence-corrected chi connectivity index (χ1v) is 13.4. The molecule has 0 saturated heterocycles. The van der Waals surface area contributed by atoms with Crippen LogP contribution in [-0.2, 0) is 14.6 Å². The highest BCUT2D eigenvalue weighted by Crippen LogP contribution is 2.22. The van der Waals surface area contributed by atoms with Gasteiger partial charge in [-0.05, 0) is 51.5 Å². The first-order chi connectivity index (χ1) is 16.5. The summed E-state index contributed by atoms with van der Waals surface area (Å²) in [4.78, 5) is 23.2. The minimum Gasteiger partial charge on any atom is -0.444 e. The Balaban J connectivity index is 1.88. The molecule has 0 saturated carbocycles. The Morgan fingerprint density at radius 3 is 2.46 bits per heavy atom. The number of anilines is 1. The Bertz CT molecular complexity index is 1190. The van der Waals surface area contributed by atoms with Crippen LogP contribution in [0.2, 0.25) is 0 Å². The van der Waals surface area contributed by atoms with Crippen LogP contribution in [0.25, 0.3) is 11.4 Å². The summed E-state index contributed by atoms with van der Waals surface area (Å²) in [7, 11) is -3.17. The van der Waals surface area contributed by atoms with Gasteiger partial charge in [-0.1, -0.05) is 18.2 Å². The van der Waals surface area contributed by atoms with E-state index in [1.165, 1.54) is 11.2 Å². The molecule has 0 aliphatic rings. The van der Waals surface area contributed by atoms with E-state index in [0.717, 1.165) is 11.3 Å². The number of aromatic amines is 1. The first kappa shape index (κ1) is 26.1. The maximum absolute atomic E-state index is 13.0. The van der Waals surface area contributed by atoms with Crippen LogP contribution in [0.4, 0.5) is 10.5 Å². The highest BCUT2D eigenvalue weighted by Gasteiger charge is 2.27. The standard InChI is InChI=1S/C24H32N6O4S/c1-24(2,3)34-23(31)30(15-8-16-35(4,32)33)17-20(26-19-9-6-5-7-10-19)22-27-21(28-29-22)18-11-13-25-14-12-18/h5-7,9-14,20,26H,8,15-17H2,1-4H3,(H,27,28,29). The third-order valence-corrected chi connectivity index (χ3v) is 5.91. The minimum absolute atomic E-state index is 0.0302. The van der Waals surface area contributed by atoms with Crippen molar-refractivity contribution in [3.8, 4) is 11.4 Å². The van der Waals surface area contributed by atoms with Gasteiger partial charge >= 0.3 is 6.09 Å². The molecule has 0 spiro atoms. The summed E-state index contributed by atoms with van der Waals surface area (Å²) < 4.78 is 28.9. The van der Waals surface area contributed by atoms with E-state index in [1.807, 2.05) is 42.5 Å². The van der Waals surface area contributed by atoms with Crippen LogP contribution in [0.1, 0.15) is 39.1 Å². The molecular weight excluding hydrogens is 468 g/mol. The van der Waals surface area contributed by atoms with Gasteiger partial charge in [0.2, 0.25) is 0 Å². The zero-order chi connectivity index (χ0) is 25.5. The molecule has 0 radical (unpaired) electrons. The molecule has 10 nitrogen and oxygen atoms in total. The number of hydrogen-bond donors (Lipinski definition) is 2. The molecule has 0 bridgehead atoms. The third kappa shape index (κ3) is 8.67. The average molecular weight is 501 g/mol. The molecule has 0 aliphatic carbocycles. The molecule has 0 aliphatic heterocycles. The number of H-pyrrole nitrogens is 1. The van der Waals surface area contributed by atoms with Gasteiger partial charge in [0.25, 0.3) is 0 Å². The van der Waals surface area contributed by atoms with Crippen LogP contribution in [0.5, 0.6) is 0 Å². The second kappa shape index (κ2) is 11.3. The number of rotatable bonds is 10. The number of nitrogens with one attached hydrogen (secondary N) is 2. The van der Waals surface area contributed by atoms with Crippen molar-refractivity contribution in [3.63, 3.8) is 0 Å². The molecule has 35 heavy (non-hydrogen) atoms. The number of aromatic nitrogens is 4. The molecule has 2 heterocycles. The van der Waals surface area contributed by atoms with Crippen molar-refractivity contribution in [2.75, 3.05) is 30.4 Å². The molecule has 3 aromatic rings. The molecule has 1 atom stereocenters. The first-order valence-electron chi connectivity index (χ1n) is 11.3.